The Balaban J connectivity index is 0.000000193. The zero-order valence-corrected chi connectivity index (χ0v) is 25.2. The van der Waals surface area contributed by atoms with Crippen LogP contribution in [0.3, 0.4) is 0 Å². The van der Waals surface area contributed by atoms with Gasteiger partial charge in [-0.1, -0.05) is 79.6 Å². The number of hydrogen-bond donors (Lipinski definition) is 0. The standard InChI is InChI=1S/C26H18N.C13H12N.Ir/c1-18-13-14-26(27-17-18)21-9-6-8-19(15-21)25-16-20-7-2-3-10-22(20)23-11-4-5-12-24(23)25;1-10-3-6-12(7-4-10)13-8-5-11(2)9-14-13;/h2-8,10-17H,1H3;3-6,8-9H,1-2H3;/q2*-1;/i;1D3,2D3;. The van der Waals surface area contributed by atoms with Gasteiger partial charge in [0.25, 0.3) is 0 Å². The summed E-state index contributed by atoms with van der Waals surface area (Å²) in [4.78, 5) is 8.64. The van der Waals surface area contributed by atoms with Gasteiger partial charge in [0, 0.05) is 40.7 Å². The Morgan fingerprint density at radius 2 is 1.26 bits per heavy atom. The van der Waals surface area contributed by atoms with Gasteiger partial charge in [0.2, 0.25) is 0 Å². The molecule has 0 spiro atoms. The first-order chi connectivity index (χ1) is 22.5. The third kappa shape index (κ3) is 6.39. The summed E-state index contributed by atoms with van der Waals surface area (Å²) in [5.41, 5.74) is 7.11. The summed E-state index contributed by atoms with van der Waals surface area (Å²) < 4.78 is 43.6. The van der Waals surface area contributed by atoms with Crippen molar-refractivity contribution in [2.45, 2.75) is 20.6 Å². The van der Waals surface area contributed by atoms with Crippen LogP contribution in [-0.4, -0.2) is 9.97 Å². The van der Waals surface area contributed by atoms with Gasteiger partial charge < -0.3 is 9.97 Å². The first-order valence-corrected chi connectivity index (χ1v) is 13.3. The van der Waals surface area contributed by atoms with Crippen molar-refractivity contribution in [3.63, 3.8) is 0 Å². The van der Waals surface area contributed by atoms with E-state index in [2.05, 4.69) is 108 Å². The normalized spacial score (nSPS) is 13.3. The summed E-state index contributed by atoms with van der Waals surface area (Å²) in [5, 5.41) is 5.10. The molecule has 2 aromatic heterocycles. The van der Waals surface area contributed by atoms with Crippen molar-refractivity contribution in [3.8, 4) is 33.6 Å². The van der Waals surface area contributed by atoms with Gasteiger partial charge >= 0.3 is 0 Å². The summed E-state index contributed by atoms with van der Waals surface area (Å²) in [7, 11) is 0. The van der Waals surface area contributed by atoms with E-state index < -0.39 is 13.7 Å². The van der Waals surface area contributed by atoms with Crippen LogP contribution in [0.5, 0.6) is 0 Å². The van der Waals surface area contributed by atoms with Gasteiger partial charge in [-0.25, -0.2) is 0 Å². The predicted molar refractivity (Wildman–Crippen MR) is 172 cm³/mol. The molecule has 0 atom stereocenters. The number of pyridine rings is 2. The molecule has 0 saturated heterocycles. The molecule has 0 aliphatic heterocycles. The molecule has 3 heteroatoms. The number of benzene rings is 5. The molecule has 5 aromatic carbocycles. The average Bonchev–Trinajstić information content (AvgIpc) is 3.08. The maximum Gasteiger partial charge on any atom is 0.0280 e. The predicted octanol–water partition coefficient (Wildman–Crippen LogP) is 9.99. The molecule has 0 fully saturated rings. The number of fused-ring (bicyclic) bond motifs is 3. The molecule has 0 unspecified atom stereocenters. The number of nitrogens with zero attached hydrogens (tertiary/aromatic N) is 2. The molecule has 1 radical (unpaired) electrons. The summed E-state index contributed by atoms with van der Waals surface area (Å²) in [6.07, 6.45) is 3.20. The van der Waals surface area contributed by atoms with E-state index in [1.54, 1.807) is 12.1 Å². The van der Waals surface area contributed by atoms with Crippen molar-refractivity contribution in [2.75, 3.05) is 0 Å². The molecule has 0 N–H and O–H groups in total. The van der Waals surface area contributed by atoms with Crippen LogP contribution < -0.4 is 0 Å². The topological polar surface area (TPSA) is 25.8 Å². The quantitative estimate of drug-likeness (QED) is 0.134. The van der Waals surface area contributed by atoms with E-state index in [0.29, 0.717) is 11.3 Å². The first kappa shape index (κ1) is 22.2. The Hall–Kier alpha value is -4.43. The van der Waals surface area contributed by atoms with Crippen molar-refractivity contribution in [1.82, 2.24) is 9.97 Å². The van der Waals surface area contributed by atoms with Crippen LogP contribution in [0.1, 0.15) is 24.9 Å². The number of aromatic nitrogens is 2. The Morgan fingerprint density at radius 1 is 0.595 bits per heavy atom. The van der Waals surface area contributed by atoms with E-state index in [1.165, 1.54) is 57.1 Å². The van der Waals surface area contributed by atoms with Crippen LogP contribution in [0.2, 0.25) is 0 Å². The van der Waals surface area contributed by atoms with Crippen LogP contribution in [0.15, 0.2) is 128 Å². The van der Waals surface area contributed by atoms with Gasteiger partial charge in [-0.3, -0.25) is 0 Å². The SMILES string of the molecule is Cc1ccc(-c2[c-]ccc(-c3cc4ccccc4c4ccccc34)c2)nc1.[2H]C([2H])([2H])c1c[c-]c(-c2ccc(C([2H])([2H])[2H])cn2)cc1.[Ir]. The van der Waals surface area contributed by atoms with Crippen LogP contribution in [0.4, 0.5) is 0 Å². The van der Waals surface area contributed by atoms with E-state index in [0.717, 1.165) is 16.8 Å². The van der Waals surface area contributed by atoms with Crippen LogP contribution in [0.25, 0.3) is 55.2 Å². The van der Waals surface area contributed by atoms with E-state index in [4.69, 9.17) is 8.22 Å². The Bertz CT molecular complexity index is 2100. The summed E-state index contributed by atoms with van der Waals surface area (Å²) >= 11 is 0. The van der Waals surface area contributed by atoms with Crippen molar-refractivity contribution in [2.24, 2.45) is 0 Å². The monoisotopic (exact) mass is 725 g/mol. The molecular weight excluding hydrogens is 689 g/mol. The third-order valence-corrected chi connectivity index (χ3v) is 6.92. The Kier molecular flexibility index (Phi) is 6.89. The Labute approximate surface area is 269 Å². The fourth-order valence-electron chi connectivity index (χ4n) is 4.84. The summed E-state index contributed by atoms with van der Waals surface area (Å²) in [5.74, 6) is 0. The molecule has 0 amide bonds. The van der Waals surface area contributed by atoms with Crippen molar-refractivity contribution >= 4 is 21.5 Å². The Morgan fingerprint density at radius 3 is 1.95 bits per heavy atom. The molecular formula is C39H30IrN2-2. The van der Waals surface area contributed by atoms with Crippen molar-refractivity contribution in [1.29, 1.82) is 0 Å². The minimum Gasteiger partial charge on any atom is -0.304 e. The molecule has 2 heterocycles. The average molecular weight is 725 g/mol. The van der Waals surface area contributed by atoms with E-state index in [-0.39, 0.29) is 31.2 Å². The smallest absolute Gasteiger partial charge is 0.0280 e. The largest absolute Gasteiger partial charge is 0.304 e. The molecule has 207 valence electrons. The number of rotatable bonds is 3. The fraction of sp³-hybridized carbons (Fsp3) is 0.0769. The molecule has 0 bridgehead atoms. The second-order valence-electron chi connectivity index (χ2n) is 9.83. The van der Waals surface area contributed by atoms with Gasteiger partial charge in [0.1, 0.15) is 0 Å². The van der Waals surface area contributed by atoms with Gasteiger partial charge in [0.15, 0.2) is 0 Å². The van der Waals surface area contributed by atoms with E-state index >= 15 is 0 Å². The van der Waals surface area contributed by atoms with Crippen LogP contribution in [-0.2, 0) is 20.1 Å². The summed E-state index contributed by atoms with van der Waals surface area (Å²) in [6.45, 7) is -2.29. The van der Waals surface area contributed by atoms with Gasteiger partial charge in [-0.15, -0.1) is 70.8 Å². The number of aryl methyl sites for hydroxylation is 3. The van der Waals surface area contributed by atoms with Gasteiger partial charge in [-0.2, -0.15) is 0 Å². The molecule has 0 saturated carbocycles. The number of hydrogen-bond acceptors (Lipinski definition) is 2. The van der Waals surface area contributed by atoms with Crippen molar-refractivity contribution in [3.05, 3.63) is 156 Å². The fourth-order valence-corrected chi connectivity index (χ4v) is 4.84. The maximum atomic E-state index is 7.28. The second-order valence-corrected chi connectivity index (χ2v) is 9.83. The summed E-state index contributed by atoms with van der Waals surface area (Å²) in [6, 6.07) is 43.8. The third-order valence-electron chi connectivity index (χ3n) is 6.92. The molecule has 0 aliphatic carbocycles. The molecule has 7 aromatic rings. The minimum atomic E-state index is -2.18. The molecule has 2 nitrogen and oxygen atoms in total. The molecule has 7 rings (SSSR count). The van der Waals surface area contributed by atoms with Crippen LogP contribution in [0, 0.1) is 32.8 Å². The van der Waals surface area contributed by atoms with E-state index in [1.807, 2.05) is 12.3 Å². The van der Waals surface area contributed by atoms with Crippen LogP contribution >= 0.6 is 0 Å². The second kappa shape index (κ2) is 13.0. The maximum absolute atomic E-state index is 7.28. The zero-order valence-electron chi connectivity index (χ0n) is 28.9. The molecule has 0 aliphatic rings. The van der Waals surface area contributed by atoms with Gasteiger partial charge in [-0.05, 0) is 69.5 Å². The molecule has 42 heavy (non-hydrogen) atoms. The van der Waals surface area contributed by atoms with Gasteiger partial charge in [0.05, 0.1) is 0 Å². The minimum absolute atomic E-state index is 0. The van der Waals surface area contributed by atoms with Crippen molar-refractivity contribution < 1.29 is 28.3 Å². The zero-order chi connectivity index (χ0) is 33.2. The van der Waals surface area contributed by atoms with E-state index in [9.17, 15) is 0 Å². The first-order valence-electron chi connectivity index (χ1n) is 16.3.